The molecule has 1 atom stereocenters. The maximum absolute atomic E-state index is 13.6. The molecule has 1 aromatic rings. The van der Waals surface area contributed by atoms with E-state index in [0.29, 0.717) is 6.42 Å². The molecule has 0 aliphatic heterocycles. The average Bonchev–Trinajstić information content (AvgIpc) is 2.36. The van der Waals surface area contributed by atoms with Gasteiger partial charge in [-0.1, -0.05) is 6.92 Å². The Hall–Kier alpha value is -1.89. The standard InChI is InChI=1S/C11H15FN2O4/c1-3-7(15)6-13-9-5-11(18-2)10(14(16)17)4-8(9)12/h4-5,7,13,15H,3,6H2,1-2H3. The van der Waals surface area contributed by atoms with Crippen molar-refractivity contribution < 1.29 is 19.2 Å². The van der Waals surface area contributed by atoms with Crippen molar-refractivity contribution in [1.82, 2.24) is 0 Å². The fourth-order valence-corrected chi connectivity index (χ4v) is 1.36. The van der Waals surface area contributed by atoms with Gasteiger partial charge in [0.25, 0.3) is 0 Å². The number of nitro groups is 1. The summed E-state index contributed by atoms with van der Waals surface area (Å²) in [6.07, 6.45) is -0.0794. The molecule has 0 spiro atoms. The highest BCUT2D eigenvalue weighted by molar-refractivity contribution is 5.59. The van der Waals surface area contributed by atoms with Gasteiger partial charge in [-0.05, 0) is 6.42 Å². The van der Waals surface area contributed by atoms with Gasteiger partial charge in [-0.25, -0.2) is 4.39 Å². The molecule has 0 saturated heterocycles. The first-order chi connectivity index (χ1) is 8.49. The second-order valence-electron chi connectivity index (χ2n) is 3.70. The molecule has 0 amide bonds. The number of hydrogen-bond donors (Lipinski definition) is 2. The molecule has 100 valence electrons. The number of ether oxygens (including phenoxy) is 1. The van der Waals surface area contributed by atoms with E-state index >= 15 is 0 Å². The largest absolute Gasteiger partial charge is 0.490 e. The first-order valence-corrected chi connectivity index (χ1v) is 5.43. The quantitative estimate of drug-likeness (QED) is 0.601. The van der Waals surface area contributed by atoms with E-state index in [1.165, 1.54) is 13.2 Å². The Bertz CT molecular complexity index is 439. The van der Waals surface area contributed by atoms with Gasteiger partial charge in [-0.3, -0.25) is 10.1 Å². The van der Waals surface area contributed by atoms with Crippen LogP contribution in [0.15, 0.2) is 12.1 Å². The van der Waals surface area contributed by atoms with Crippen LogP contribution in [0.5, 0.6) is 5.75 Å². The molecule has 0 heterocycles. The SMILES string of the molecule is CCC(O)CNc1cc(OC)c([N+](=O)[O-])cc1F. The Morgan fingerprint density at radius 1 is 1.61 bits per heavy atom. The Morgan fingerprint density at radius 3 is 2.78 bits per heavy atom. The minimum Gasteiger partial charge on any atom is -0.490 e. The van der Waals surface area contributed by atoms with E-state index in [-0.39, 0.29) is 18.0 Å². The number of rotatable bonds is 6. The molecule has 18 heavy (non-hydrogen) atoms. The summed E-state index contributed by atoms with van der Waals surface area (Å²) < 4.78 is 18.4. The number of nitrogens with one attached hydrogen (secondary N) is 1. The number of methoxy groups -OCH3 is 1. The van der Waals surface area contributed by atoms with Crippen molar-refractivity contribution in [1.29, 1.82) is 0 Å². The third kappa shape index (κ3) is 3.30. The van der Waals surface area contributed by atoms with Crippen LogP contribution in [-0.4, -0.2) is 29.8 Å². The van der Waals surface area contributed by atoms with Crippen LogP contribution in [0.1, 0.15) is 13.3 Å². The van der Waals surface area contributed by atoms with Crippen molar-refractivity contribution in [2.24, 2.45) is 0 Å². The summed E-state index contributed by atoms with van der Waals surface area (Å²) >= 11 is 0. The Labute approximate surface area is 104 Å². The Morgan fingerprint density at radius 2 is 2.28 bits per heavy atom. The maximum Gasteiger partial charge on any atom is 0.313 e. The van der Waals surface area contributed by atoms with E-state index in [0.717, 1.165) is 6.07 Å². The monoisotopic (exact) mass is 258 g/mol. The molecule has 0 saturated carbocycles. The second kappa shape index (κ2) is 6.15. The number of halogens is 1. The second-order valence-corrected chi connectivity index (χ2v) is 3.70. The predicted octanol–water partition coefficient (Wildman–Crippen LogP) is 1.93. The van der Waals surface area contributed by atoms with Gasteiger partial charge in [-0.15, -0.1) is 0 Å². The van der Waals surface area contributed by atoms with E-state index in [2.05, 4.69) is 5.32 Å². The van der Waals surface area contributed by atoms with Gasteiger partial charge in [0.05, 0.1) is 29.9 Å². The average molecular weight is 258 g/mol. The third-order valence-electron chi connectivity index (χ3n) is 2.46. The van der Waals surface area contributed by atoms with Crippen molar-refractivity contribution in [2.45, 2.75) is 19.4 Å². The van der Waals surface area contributed by atoms with Crippen LogP contribution in [0.3, 0.4) is 0 Å². The lowest BCUT2D eigenvalue weighted by atomic mass is 10.2. The molecule has 1 aromatic carbocycles. The number of nitro benzene ring substituents is 1. The normalized spacial score (nSPS) is 12.0. The van der Waals surface area contributed by atoms with E-state index in [1.807, 2.05) is 0 Å². The molecular formula is C11H15FN2O4. The van der Waals surface area contributed by atoms with Gasteiger partial charge in [0.2, 0.25) is 0 Å². The zero-order valence-corrected chi connectivity index (χ0v) is 10.1. The maximum atomic E-state index is 13.6. The highest BCUT2D eigenvalue weighted by Crippen LogP contribution is 2.32. The van der Waals surface area contributed by atoms with Crippen molar-refractivity contribution >= 4 is 11.4 Å². The molecule has 1 rings (SSSR count). The summed E-state index contributed by atoms with van der Waals surface area (Å²) in [6, 6.07) is 2.00. The summed E-state index contributed by atoms with van der Waals surface area (Å²) in [5.41, 5.74) is -0.374. The minimum atomic E-state index is -0.759. The van der Waals surface area contributed by atoms with Crippen LogP contribution in [0.4, 0.5) is 15.8 Å². The molecule has 0 bridgehead atoms. The highest BCUT2D eigenvalue weighted by atomic mass is 19.1. The van der Waals surface area contributed by atoms with E-state index in [1.54, 1.807) is 6.92 Å². The van der Waals surface area contributed by atoms with Crippen molar-refractivity contribution in [2.75, 3.05) is 19.0 Å². The van der Waals surface area contributed by atoms with E-state index in [4.69, 9.17) is 4.74 Å². The number of nitrogens with zero attached hydrogens (tertiary/aromatic N) is 1. The van der Waals surface area contributed by atoms with Crippen LogP contribution in [0.2, 0.25) is 0 Å². The first-order valence-electron chi connectivity index (χ1n) is 5.43. The highest BCUT2D eigenvalue weighted by Gasteiger charge is 2.19. The molecule has 7 heteroatoms. The smallest absolute Gasteiger partial charge is 0.313 e. The van der Waals surface area contributed by atoms with Crippen molar-refractivity contribution in [3.63, 3.8) is 0 Å². The fourth-order valence-electron chi connectivity index (χ4n) is 1.36. The van der Waals surface area contributed by atoms with Crippen LogP contribution < -0.4 is 10.1 Å². The van der Waals surface area contributed by atoms with E-state index < -0.39 is 22.5 Å². The van der Waals surface area contributed by atoms with Gasteiger partial charge in [0.1, 0.15) is 0 Å². The topological polar surface area (TPSA) is 84.6 Å². The fraction of sp³-hybridized carbons (Fsp3) is 0.455. The molecule has 2 N–H and O–H groups in total. The van der Waals surface area contributed by atoms with Gasteiger partial charge >= 0.3 is 5.69 Å². The van der Waals surface area contributed by atoms with Crippen LogP contribution in [0, 0.1) is 15.9 Å². The van der Waals surface area contributed by atoms with E-state index in [9.17, 15) is 19.6 Å². The van der Waals surface area contributed by atoms with Crippen molar-refractivity contribution in [3.8, 4) is 5.75 Å². The Balaban J connectivity index is 2.97. The molecule has 6 nitrogen and oxygen atoms in total. The summed E-state index contributed by atoms with van der Waals surface area (Å²) in [7, 11) is 1.27. The number of hydrogen-bond acceptors (Lipinski definition) is 5. The molecule has 0 aliphatic carbocycles. The van der Waals surface area contributed by atoms with Crippen LogP contribution >= 0.6 is 0 Å². The van der Waals surface area contributed by atoms with Gasteiger partial charge in [0, 0.05) is 12.6 Å². The lowest BCUT2D eigenvalue weighted by Crippen LogP contribution is -2.18. The summed E-state index contributed by atoms with van der Waals surface area (Å²) in [5, 5.41) is 22.7. The minimum absolute atomic E-state index is 0.0325. The first kappa shape index (κ1) is 14.2. The molecule has 0 radical (unpaired) electrons. The zero-order valence-electron chi connectivity index (χ0n) is 10.1. The summed E-state index contributed by atoms with van der Waals surface area (Å²) in [6.45, 7) is 1.95. The van der Waals surface area contributed by atoms with Crippen LogP contribution in [-0.2, 0) is 0 Å². The number of benzene rings is 1. The summed E-state index contributed by atoms with van der Waals surface area (Å²) in [5.74, 6) is -0.791. The van der Waals surface area contributed by atoms with Gasteiger partial charge < -0.3 is 15.2 Å². The van der Waals surface area contributed by atoms with Gasteiger partial charge in [-0.2, -0.15) is 0 Å². The van der Waals surface area contributed by atoms with Gasteiger partial charge in [0.15, 0.2) is 11.6 Å². The molecule has 0 fully saturated rings. The number of aliphatic hydroxyl groups is 1. The molecule has 0 aliphatic rings. The third-order valence-corrected chi connectivity index (χ3v) is 2.46. The molecule has 1 unspecified atom stereocenters. The molecular weight excluding hydrogens is 243 g/mol. The predicted molar refractivity (Wildman–Crippen MR) is 64.4 cm³/mol. The van der Waals surface area contributed by atoms with Crippen LogP contribution in [0.25, 0.3) is 0 Å². The molecule has 0 aromatic heterocycles. The lowest BCUT2D eigenvalue weighted by Gasteiger charge is -2.12. The summed E-state index contributed by atoms with van der Waals surface area (Å²) in [4.78, 5) is 9.94. The zero-order chi connectivity index (χ0) is 13.7. The lowest BCUT2D eigenvalue weighted by molar-refractivity contribution is -0.385. The number of anilines is 1. The number of aliphatic hydroxyl groups excluding tert-OH is 1. The van der Waals surface area contributed by atoms with Crippen molar-refractivity contribution in [3.05, 3.63) is 28.1 Å². The Kier molecular flexibility index (Phi) is 4.85.